The molecule has 158 valence electrons. The normalized spacial score (nSPS) is 11.3. The average Bonchev–Trinajstić information content (AvgIpc) is 2.75. The van der Waals surface area contributed by atoms with Gasteiger partial charge >= 0.3 is 10.1 Å². The van der Waals surface area contributed by atoms with Crippen molar-refractivity contribution in [3.63, 3.8) is 0 Å². The number of hydrogen-bond donors (Lipinski definition) is 1. The average molecular weight is 460 g/mol. The molecule has 3 aromatic rings. The van der Waals surface area contributed by atoms with E-state index in [1.807, 2.05) is 0 Å². The van der Waals surface area contributed by atoms with E-state index in [-0.39, 0.29) is 16.3 Å². The van der Waals surface area contributed by atoms with E-state index in [1.54, 1.807) is 18.2 Å². The summed E-state index contributed by atoms with van der Waals surface area (Å²) in [6.07, 6.45) is 1.36. The topological polar surface area (TPSA) is 128 Å². The van der Waals surface area contributed by atoms with E-state index in [2.05, 4.69) is 10.5 Å². The van der Waals surface area contributed by atoms with Gasteiger partial charge in [0.25, 0.3) is 11.6 Å². The first kappa shape index (κ1) is 21.9. The van der Waals surface area contributed by atoms with Gasteiger partial charge in [-0.15, -0.1) is 0 Å². The predicted octanol–water partition coefficient (Wildman–Crippen LogP) is 3.78. The van der Waals surface area contributed by atoms with Crippen LogP contribution in [0.4, 0.5) is 5.69 Å². The van der Waals surface area contributed by atoms with E-state index >= 15 is 0 Å². The smallest absolute Gasteiger partial charge is 0.339 e. The van der Waals surface area contributed by atoms with Crippen LogP contribution in [0, 0.1) is 10.1 Å². The van der Waals surface area contributed by atoms with Crippen molar-refractivity contribution in [3.05, 3.63) is 99.1 Å². The lowest BCUT2D eigenvalue weighted by atomic mass is 10.2. The van der Waals surface area contributed by atoms with Crippen LogP contribution in [0.15, 0.2) is 82.8 Å². The standard InChI is InChI=1S/C20H14ClN3O6S/c21-16-4-1-3-15(11-16)20(25)23-22-13-14-7-9-18(10-8-14)30-31(28,29)19-6-2-5-17(12-19)24(26)27/h1-13H,(H,23,25)/b22-13-. The Kier molecular flexibility index (Phi) is 6.63. The van der Waals surface area contributed by atoms with Crippen molar-refractivity contribution in [3.8, 4) is 5.75 Å². The van der Waals surface area contributed by atoms with E-state index in [0.29, 0.717) is 16.1 Å². The van der Waals surface area contributed by atoms with Crippen LogP contribution in [-0.4, -0.2) is 25.5 Å². The van der Waals surface area contributed by atoms with Gasteiger partial charge in [0, 0.05) is 22.7 Å². The molecule has 1 N–H and O–H groups in total. The molecule has 0 heterocycles. The molecule has 0 fully saturated rings. The number of nitro groups is 1. The highest BCUT2D eigenvalue weighted by Crippen LogP contribution is 2.22. The van der Waals surface area contributed by atoms with Crippen molar-refractivity contribution >= 4 is 39.5 Å². The van der Waals surface area contributed by atoms with Gasteiger partial charge in [0.05, 0.1) is 11.1 Å². The minimum absolute atomic E-state index is 0.00613. The minimum Gasteiger partial charge on any atom is -0.379 e. The minimum atomic E-state index is -4.25. The number of rotatable bonds is 7. The maximum absolute atomic E-state index is 12.3. The summed E-state index contributed by atoms with van der Waals surface area (Å²) in [5.41, 5.74) is 2.90. The van der Waals surface area contributed by atoms with Gasteiger partial charge in [-0.05, 0) is 54.1 Å². The fraction of sp³-hybridized carbons (Fsp3) is 0. The zero-order chi connectivity index (χ0) is 22.4. The van der Waals surface area contributed by atoms with Crippen LogP contribution in [0.25, 0.3) is 0 Å². The fourth-order valence-corrected chi connectivity index (χ4v) is 3.56. The maximum atomic E-state index is 12.3. The van der Waals surface area contributed by atoms with Crippen LogP contribution in [0.1, 0.15) is 15.9 Å². The van der Waals surface area contributed by atoms with Gasteiger partial charge in [0.15, 0.2) is 0 Å². The highest BCUT2D eigenvalue weighted by atomic mass is 35.5. The van der Waals surface area contributed by atoms with Crippen LogP contribution in [0.2, 0.25) is 5.02 Å². The molecule has 31 heavy (non-hydrogen) atoms. The Morgan fingerprint density at radius 1 is 1.06 bits per heavy atom. The fourth-order valence-electron chi connectivity index (χ4n) is 2.40. The largest absolute Gasteiger partial charge is 0.379 e. The molecule has 0 aliphatic carbocycles. The first-order chi connectivity index (χ1) is 14.7. The molecule has 0 aliphatic heterocycles. The summed E-state index contributed by atoms with van der Waals surface area (Å²) in [6.45, 7) is 0. The molecular weight excluding hydrogens is 446 g/mol. The first-order valence-electron chi connectivity index (χ1n) is 8.62. The van der Waals surface area contributed by atoms with E-state index in [9.17, 15) is 23.3 Å². The molecule has 1 amide bonds. The summed E-state index contributed by atoms with van der Waals surface area (Å²) in [6, 6.07) is 16.7. The molecule has 3 rings (SSSR count). The van der Waals surface area contributed by atoms with Gasteiger partial charge in [-0.2, -0.15) is 13.5 Å². The van der Waals surface area contributed by atoms with Crippen molar-refractivity contribution in [1.82, 2.24) is 5.43 Å². The highest BCUT2D eigenvalue weighted by molar-refractivity contribution is 7.87. The van der Waals surface area contributed by atoms with Gasteiger partial charge in [0.2, 0.25) is 0 Å². The van der Waals surface area contributed by atoms with E-state index in [0.717, 1.165) is 6.07 Å². The monoisotopic (exact) mass is 459 g/mol. The lowest BCUT2D eigenvalue weighted by Crippen LogP contribution is -2.17. The lowest BCUT2D eigenvalue weighted by Gasteiger charge is -2.07. The zero-order valence-corrected chi connectivity index (χ0v) is 17.2. The van der Waals surface area contributed by atoms with Crippen molar-refractivity contribution in [1.29, 1.82) is 0 Å². The molecule has 9 nitrogen and oxygen atoms in total. The molecule has 0 atom stereocenters. The summed E-state index contributed by atoms with van der Waals surface area (Å²) < 4.78 is 29.7. The second-order valence-corrected chi connectivity index (χ2v) is 8.05. The van der Waals surface area contributed by atoms with E-state index < -0.39 is 20.9 Å². The molecule has 0 unspecified atom stereocenters. The molecule has 11 heteroatoms. The number of hydrazone groups is 1. The van der Waals surface area contributed by atoms with Gasteiger partial charge < -0.3 is 4.18 Å². The van der Waals surface area contributed by atoms with Crippen LogP contribution in [0.3, 0.4) is 0 Å². The van der Waals surface area contributed by atoms with Gasteiger partial charge in [-0.25, -0.2) is 5.43 Å². The number of nitro benzene ring substituents is 1. The third kappa shape index (κ3) is 5.87. The maximum Gasteiger partial charge on any atom is 0.339 e. The molecule has 0 aliphatic rings. The van der Waals surface area contributed by atoms with Crippen molar-refractivity contribution in [2.24, 2.45) is 5.10 Å². The molecule has 0 radical (unpaired) electrons. The van der Waals surface area contributed by atoms with Crippen LogP contribution >= 0.6 is 11.6 Å². The SMILES string of the molecule is O=C(N/N=C\c1ccc(OS(=O)(=O)c2cccc([N+](=O)[O-])c2)cc1)c1cccc(Cl)c1. The van der Waals surface area contributed by atoms with Crippen molar-refractivity contribution in [2.75, 3.05) is 0 Å². The van der Waals surface area contributed by atoms with Crippen molar-refractivity contribution in [2.45, 2.75) is 4.90 Å². The Morgan fingerprint density at radius 3 is 2.45 bits per heavy atom. The van der Waals surface area contributed by atoms with Gasteiger partial charge in [-0.1, -0.05) is 23.7 Å². The predicted molar refractivity (Wildman–Crippen MR) is 114 cm³/mol. The molecule has 3 aromatic carbocycles. The number of benzene rings is 3. The number of amides is 1. The third-order valence-corrected chi connectivity index (χ3v) is 5.35. The zero-order valence-electron chi connectivity index (χ0n) is 15.6. The molecule has 0 aromatic heterocycles. The lowest BCUT2D eigenvalue weighted by molar-refractivity contribution is -0.385. The number of non-ortho nitro benzene ring substituents is 1. The summed E-state index contributed by atoms with van der Waals surface area (Å²) in [4.78, 5) is 21.8. The number of hydrogen-bond acceptors (Lipinski definition) is 7. The summed E-state index contributed by atoms with van der Waals surface area (Å²) in [5.74, 6) is -0.437. The molecular formula is C20H14ClN3O6S. The number of carbonyl (C=O) groups excluding carboxylic acids is 1. The molecule has 0 saturated carbocycles. The van der Waals surface area contributed by atoms with Gasteiger partial charge in [0.1, 0.15) is 10.6 Å². The summed E-state index contributed by atoms with van der Waals surface area (Å²) in [7, 11) is -4.25. The number of carbonyl (C=O) groups is 1. The molecule has 0 spiro atoms. The quantitative estimate of drug-likeness (QED) is 0.248. The third-order valence-electron chi connectivity index (χ3n) is 3.87. The first-order valence-corrected chi connectivity index (χ1v) is 10.4. The Balaban J connectivity index is 1.64. The number of nitrogens with zero attached hydrogens (tertiary/aromatic N) is 2. The number of halogens is 1. The molecule has 0 saturated heterocycles. The Hall–Kier alpha value is -3.76. The molecule has 0 bridgehead atoms. The number of nitrogens with one attached hydrogen (secondary N) is 1. The Morgan fingerprint density at radius 2 is 1.77 bits per heavy atom. The van der Waals surface area contributed by atoms with Gasteiger partial charge in [-0.3, -0.25) is 14.9 Å². The van der Waals surface area contributed by atoms with Crippen LogP contribution in [0.5, 0.6) is 5.75 Å². The summed E-state index contributed by atoms with van der Waals surface area (Å²) >= 11 is 5.84. The van der Waals surface area contributed by atoms with Crippen LogP contribution in [-0.2, 0) is 10.1 Å². The second kappa shape index (κ2) is 9.37. The Bertz CT molecular complexity index is 1260. The highest BCUT2D eigenvalue weighted by Gasteiger charge is 2.19. The summed E-state index contributed by atoms with van der Waals surface area (Å²) in [5, 5.41) is 15.1. The van der Waals surface area contributed by atoms with Crippen molar-refractivity contribution < 1.29 is 22.3 Å². The van der Waals surface area contributed by atoms with E-state index in [1.165, 1.54) is 54.7 Å². The van der Waals surface area contributed by atoms with Crippen LogP contribution < -0.4 is 9.61 Å². The van der Waals surface area contributed by atoms with E-state index in [4.69, 9.17) is 15.8 Å². The Labute approximate surface area is 182 Å². The second-order valence-electron chi connectivity index (χ2n) is 6.07.